The van der Waals surface area contributed by atoms with Gasteiger partial charge in [0.1, 0.15) is 67.1 Å². The average Bonchev–Trinajstić information content (AvgIpc) is 3.86. The van der Waals surface area contributed by atoms with Crippen molar-refractivity contribution in [3.05, 3.63) is 36.0 Å². The molecule has 8 aliphatic rings. The Morgan fingerprint density at radius 3 is 1.73 bits per heavy atom. The highest BCUT2D eigenvalue weighted by molar-refractivity contribution is 5.83. The molecule has 8 rings (SSSR count). The van der Waals surface area contributed by atoms with Crippen molar-refractivity contribution in [3.8, 4) is 0 Å². The van der Waals surface area contributed by atoms with Crippen molar-refractivity contribution in [1.29, 1.82) is 0 Å². The normalized spacial score (nSPS) is 50.5. The first-order valence-electron chi connectivity index (χ1n) is 27.5. The Morgan fingerprint density at radius 1 is 0.633 bits per heavy atom. The summed E-state index contributed by atoms with van der Waals surface area (Å²) in [6, 6.07) is 0. The number of carbonyl (C=O) groups is 3. The van der Waals surface area contributed by atoms with Crippen molar-refractivity contribution in [1.82, 2.24) is 0 Å². The van der Waals surface area contributed by atoms with Crippen molar-refractivity contribution in [2.75, 3.05) is 26.4 Å². The maximum absolute atomic E-state index is 13.4. The van der Waals surface area contributed by atoms with Gasteiger partial charge in [-0.3, -0.25) is 0 Å². The highest BCUT2D eigenvalue weighted by Gasteiger charge is 2.76. The molecule has 3 saturated heterocycles. The number of hydrogen-bond acceptors (Lipinski definition) is 23. The molecule has 13 N–H and O–H groups in total. The van der Waals surface area contributed by atoms with Gasteiger partial charge in [0.25, 0.3) is 0 Å². The highest BCUT2D eigenvalue weighted by Crippen LogP contribution is 2.76. The Labute approximate surface area is 458 Å². The van der Waals surface area contributed by atoms with Crippen LogP contribution in [-0.4, -0.2) is 227 Å². The number of hydrogen-bond donors (Lipinski definition) is 13. The fourth-order valence-electron chi connectivity index (χ4n) is 16.2. The first-order chi connectivity index (χ1) is 37.1. The zero-order valence-electron chi connectivity index (χ0n) is 46.0. The minimum atomic E-state index is -2.17. The first kappa shape index (κ1) is 62.0. The van der Waals surface area contributed by atoms with E-state index >= 15 is 0 Å². The summed E-state index contributed by atoms with van der Waals surface area (Å²) in [7, 11) is 0. The van der Waals surface area contributed by atoms with Crippen LogP contribution in [0.3, 0.4) is 0 Å². The van der Waals surface area contributed by atoms with Crippen molar-refractivity contribution in [2.24, 2.45) is 50.2 Å². The molecule has 448 valence electrons. The number of esters is 2. The molecular formula is C55H84O24. The van der Waals surface area contributed by atoms with Crippen LogP contribution in [0.1, 0.15) is 93.9 Å². The lowest BCUT2D eigenvalue weighted by Gasteiger charge is -2.73. The van der Waals surface area contributed by atoms with Crippen LogP contribution in [-0.2, 0) is 52.3 Å². The SMILES string of the molecule is C/C=C\C(=O)O[C@H]1[C@H](OC(=O)/C=C/C)C(C)(C)C[C@H]2C3=CC[C@@H]4[C@@]5(C)CCC(O[C@@H]6O[C@H](C(=O)O)[C@@H](O)[C@H](O[C@@H]7O[C@@H](CO)[C@H](O)[C@H]7O)[C@H]6O[C@@H]6O[C@H](CO)[C@@H](O)[C@H](O)[C@H]6O)[C@](C)(CO)[C@@H]5CC[C@@]4(C)[C@]3(C)[C@@H](O)[C@@H](O)[C@]21CO. The van der Waals surface area contributed by atoms with Crippen LogP contribution in [0.4, 0.5) is 0 Å². The second kappa shape index (κ2) is 22.8. The van der Waals surface area contributed by atoms with E-state index in [1.54, 1.807) is 13.8 Å². The fourth-order valence-corrected chi connectivity index (χ4v) is 16.2. The Hall–Kier alpha value is -3.09. The van der Waals surface area contributed by atoms with Crippen molar-refractivity contribution in [2.45, 2.75) is 210 Å². The number of fused-ring (bicyclic) bond motifs is 7. The van der Waals surface area contributed by atoms with E-state index in [-0.39, 0.29) is 24.7 Å². The number of carboxylic acid groups (broad SMARTS) is 1. The molecule has 5 aliphatic carbocycles. The number of allylic oxidation sites excluding steroid dienone is 3. The van der Waals surface area contributed by atoms with Gasteiger partial charge in [-0.1, -0.05) is 65.3 Å². The predicted molar refractivity (Wildman–Crippen MR) is 269 cm³/mol. The largest absolute Gasteiger partial charge is 0.479 e. The number of ether oxygens (including phenoxy) is 8. The van der Waals surface area contributed by atoms with Crippen LogP contribution in [0.15, 0.2) is 36.0 Å². The summed E-state index contributed by atoms with van der Waals surface area (Å²) >= 11 is 0. The number of aliphatic hydroxyl groups is 12. The summed E-state index contributed by atoms with van der Waals surface area (Å²) in [5, 5.41) is 145. The number of aliphatic carboxylic acids is 1. The third-order valence-electron chi connectivity index (χ3n) is 20.6. The molecule has 7 fully saturated rings. The van der Waals surface area contributed by atoms with Gasteiger partial charge in [-0.25, -0.2) is 14.4 Å². The number of aliphatic hydroxyl groups excluding tert-OH is 12. The molecule has 1 unspecified atom stereocenters. The molecule has 79 heavy (non-hydrogen) atoms. The van der Waals surface area contributed by atoms with Crippen LogP contribution in [0.25, 0.3) is 0 Å². The van der Waals surface area contributed by atoms with Crippen LogP contribution in [0.2, 0.25) is 0 Å². The minimum Gasteiger partial charge on any atom is -0.479 e. The smallest absolute Gasteiger partial charge is 0.335 e. The van der Waals surface area contributed by atoms with Crippen molar-refractivity contribution in [3.63, 3.8) is 0 Å². The van der Waals surface area contributed by atoms with E-state index < -0.39 is 199 Å². The van der Waals surface area contributed by atoms with Gasteiger partial charge >= 0.3 is 17.9 Å². The molecule has 0 bridgehead atoms. The summed E-state index contributed by atoms with van der Waals surface area (Å²) in [6.45, 7) is 12.1. The molecule has 4 saturated carbocycles. The maximum Gasteiger partial charge on any atom is 0.335 e. The van der Waals surface area contributed by atoms with Crippen molar-refractivity contribution < 1.29 is 119 Å². The predicted octanol–water partition coefficient (Wildman–Crippen LogP) is -1.55. The zero-order valence-corrected chi connectivity index (χ0v) is 46.0. The summed E-state index contributed by atoms with van der Waals surface area (Å²) in [5.74, 6) is -4.56. The quantitative estimate of drug-likeness (QED) is 0.0382. The summed E-state index contributed by atoms with van der Waals surface area (Å²) in [5.41, 5.74) is -5.74. The van der Waals surface area contributed by atoms with Gasteiger partial charge in [-0.05, 0) is 81.0 Å². The Bertz CT molecular complexity index is 2310. The molecule has 0 spiro atoms. The van der Waals surface area contributed by atoms with Gasteiger partial charge in [-0.2, -0.15) is 0 Å². The van der Waals surface area contributed by atoms with E-state index in [1.165, 1.54) is 24.3 Å². The lowest BCUT2D eigenvalue weighted by Crippen LogP contribution is -2.76. The molecule has 0 aromatic carbocycles. The fraction of sp³-hybridized carbons (Fsp3) is 0.836. The van der Waals surface area contributed by atoms with Crippen LogP contribution in [0, 0.1) is 50.2 Å². The monoisotopic (exact) mass is 1130 g/mol. The van der Waals surface area contributed by atoms with E-state index in [0.29, 0.717) is 25.7 Å². The number of rotatable bonds is 15. The van der Waals surface area contributed by atoms with Crippen LogP contribution >= 0.6 is 0 Å². The minimum absolute atomic E-state index is 0.166. The van der Waals surface area contributed by atoms with Gasteiger partial charge in [0, 0.05) is 28.4 Å². The second-order valence-electron chi connectivity index (χ2n) is 25.0. The standard InChI is InChI=1S/C55H84O24/c1-9-11-31(60)75-44-45(76-32(61)12-10-2)55(23-59)25(19-50(44,3)4)24-13-14-29-51(5)17-16-30(52(6,22-58)28(51)15-18-53(29,7)54(24,8)42(68)43(55)69)74-49-41(79-48-37(66)35(64)33(62)26(20-56)72-48)39(38(67)40(78-49)46(70)71)77-47-36(65)34(63)27(21-57)73-47/h9-13,25-30,33-45,47-49,56-59,62-69H,14-23H2,1-8H3,(H,70,71)/b11-9+,12-10-/t25-,26+,27-,28+,29+,30?,33+,34-,35-,36+,37+,38-,39-,40-,41+,42-,43+,44-,45-,47-,48-,49+,51-,52+,53+,54-,55-/m0/s1. The molecule has 0 aromatic rings. The van der Waals surface area contributed by atoms with E-state index in [0.717, 1.165) is 5.57 Å². The zero-order chi connectivity index (χ0) is 58.3. The van der Waals surface area contributed by atoms with E-state index in [2.05, 4.69) is 19.9 Å². The third-order valence-corrected chi connectivity index (χ3v) is 20.6. The second-order valence-corrected chi connectivity index (χ2v) is 25.0. The topological polar surface area (TPSA) is 388 Å². The van der Waals surface area contributed by atoms with Gasteiger partial charge in [0.05, 0.1) is 50.2 Å². The molecule has 0 radical (unpaired) electrons. The average molecular weight is 1130 g/mol. The molecule has 27 atom stereocenters. The van der Waals surface area contributed by atoms with Crippen LogP contribution in [0.5, 0.6) is 0 Å². The number of carboxylic acids is 1. The van der Waals surface area contributed by atoms with E-state index in [9.17, 15) is 80.8 Å². The maximum atomic E-state index is 13.4. The molecular weight excluding hydrogens is 1040 g/mol. The summed E-state index contributed by atoms with van der Waals surface area (Å²) in [4.78, 5) is 39.5. The Kier molecular flexibility index (Phi) is 17.9. The third kappa shape index (κ3) is 9.77. The number of carbonyl (C=O) groups excluding carboxylic acids is 2. The molecule has 3 aliphatic heterocycles. The molecule has 24 nitrogen and oxygen atoms in total. The van der Waals surface area contributed by atoms with Gasteiger partial charge < -0.3 is 104 Å². The Morgan fingerprint density at radius 2 is 1.19 bits per heavy atom. The molecule has 0 aromatic heterocycles. The van der Waals surface area contributed by atoms with Crippen LogP contribution < -0.4 is 0 Å². The molecule has 3 heterocycles. The van der Waals surface area contributed by atoms with E-state index in [1.807, 2.05) is 27.7 Å². The van der Waals surface area contributed by atoms with Gasteiger partial charge in [-0.15, -0.1) is 0 Å². The first-order valence-corrected chi connectivity index (χ1v) is 27.5. The lowest BCUT2D eigenvalue weighted by atomic mass is 9.32. The van der Waals surface area contributed by atoms with E-state index in [4.69, 9.17) is 37.9 Å². The Balaban J connectivity index is 1.15. The van der Waals surface area contributed by atoms with Crippen molar-refractivity contribution >= 4 is 17.9 Å². The molecule has 0 amide bonds. The molecule has 24 heteroatoms. The van der Waals surface area contributed by atoms with Gasteiger partial charge in [0.2, 0.25) is 0 Å². The highest BCUT2D eigenvalue weighted by atomic mass is 16.8. The summed E-state index contributed by atoms with van der Waals surface area (Å²) < 4.78 is 48.4. The summed E-state index contributed by atoms with van der Waals surface area (Å²) in [6.07, 6.45) is -23.4. The van der Waals surface area contributed by atoms with Gasteiger partial charge in [0.15, 0.2) is 31.1 Å². The lowest BCUT2D eigenvalue weighted by molar-refractivity contribution is -0.387.